The lowest BCUT2D eigenvalue weighted by Gasteiger charge is -2.38. The van der Waals surface area contributed by atoms with E-state index in [0.29, 0.717) is 6.54 Å². The van der Waals surface area contributed by atoms with Gasteiger partial charge in [-0.15, -0.1) is 0 Å². The zero-order valence-corrected chi connectivity index (χ0v) is 14.0. The van der Waals surface area contributed by atoms with Crippen molar-refractivity contribution in [1.29, 1.82) is 0 Å². The summed E-state index contributed by atoms with van der Waals surface area (Å²) in [5, 5.41) is 2.91. The van der Waals surface area contributed by atoms with Crippen molar-refractivity contribution in [2.75, 3.05) is 40.8 Å². The molecule has 0 saturated carbocycles. The molecular formula is C17H25N3O3. The normalized spacial score (nSPS) is 21.6. The maximum Gasteiger partial charge on any atom is 0.251 e. The number of rotatable bonds is 6. The molecule has 0 spiro atoms. The fourth-order valence-corrected chi connectivity index (χ4v) is 2.69. The van der Waals surface area contributed by atoms with Crippen LogP contribution in [0, 0.1) is 0 Å². The number of carbonyl (C=O) groups excluding carboxylic acids is 2. The lowest BCUT2D eigenvalue weighted by atomic mass is 9.97. The minimum atomic E-state index is -0.681. The quantitative estimate of drug-likeness (QED) is 0.782. The first-order valence-electron chi connectivity index (χ1n) is 7.85. The van der Waals surface area contributed by atoms with Crippen LogP contribution < -0.4 is 5.32 Å². The van der Waals surface area contributed by atoms with E-state index in [1.807, 2.05) is 44.4 Å². The SMILES string of the molecule is CN(C)CCCNC(=O)[C@H]1OCC(=O)N(C)[C@@H]1c1ccccc1. The molecule has 1 aromatic rings. The molecule has 23 heavy (non-hydrogen) atoms. The monoisotopic (exact) mass is 319 g/mol. The Hall–Kier alpha value is -1.92. The van der Waals surface area contributed by atoms with Crippen LogP contribution in [0.3, 0.4) is 0 Å². The number of morpholine rings is 1. The Bertz CT molecular complexity index is 533. The fourth-order valence-electron chi connectivity index (χ4n) is 2.69. The summed E-state index contributed by atoms with van der Waals surface area (Å²) in [6.45, 7) is 1.44. The third-order valence-electron chi connectivity index (χ3n) is 3.96. The number of amides is 2. The highest BCUT2D eigenvalue weighted by atomic mass is 16.5. The Balaban J connectivity index is 2.05. The minimum absolute atomic E-state index is 0.0599. The summed E-state index contributed by atoms with van der Waals surface area (Å²) in [6, 6.07) is 9.13. The molecule has 2 rings (SSSR count). The molecular weight excluding hydrogens is 294 g/mol. The Morgan fingerprint density at radius 1 is 1.35 bits per heavy atom. The van der Waals surface area contributed by atoms with E-state index < -0.39 is 12.1 Å². The summed E-state index contributed by atoms with van der Waals surface area (Å²) >= 11 is 0. The fraction of sp³-hybridized carbons (Fsp3) is 0.529. The minimum Gasteiger partial charge on any atom is -0.356 e. The molecule has 1 aromatic carbocycles. The van der Waals surface area contributed by atoms with Crippen LogP contribution >= 0.6 is 0 Å². The molecule has 1 saturated heterocycles. The predicted octanol–water partition coefficient (Wildman–Crippen LogP) is 0.653. The van der Waals surface area contributed by atoms with Gasteiger partial charge in [-0.2, -0.15) is 0 Å². The van der Waals surface area contributed by atoms with E-state index in [1.54, 1.807) is 11.9 Å². The average Bonchev–Trinajstić information content (AvgIpc) is 2.54. The lowest BCUT2D eigenvalue weighted by Crippen LogP contribution is -2.53. The van der Waals surface area contributed by atoms with E-state index in [2.05, 4.69) is 10.2 Å². The van der Waals surface area contributed by atoms with Crippen molar-refractivity contribution < 1.29 is 14.3 Å². The number of nitrogens with one attached hydrogen (secondary N) is 1. The highest BCUT2D eigenvalue weighted by molar-refractivity contribution is 5.86. The van der Waals surface area contributed by atoms with Gasteiger partial charge in [0.2, 0.25) is 5.91 Å². The van der Waals surface area contributed by atoms with Gasteiger partial charge in [0.25, 0.3) is 5.91 Å². The zero-order valence-electron chi connectivity index (χ0n) is 14.0. The molecule has 0 aromatic heterocycles. The van der Waals surface area contributed by atoms with E-state index in [1.165, 1.54) is 0 Å². The van der Waals surface area contributed by atoms with Crippen LogP contribution in [0.15, 0.2) is 30.3 Å². The number of hydrogen-bond donors (Lipinski definition) is 1. The second-order valence-corrected chi connectivity index (χ2v) is 6.04. The molecule has 1 N–H and O–H groups in total. The number of ether oxygens (including phenoxy) is 1. The summed E-state index contributed by atoms with van der Waals surface area (Å²) in [5.74, 6) is -0.285. The molecule has 6 heteroatoms. The molecule has 0 radical (unpaired) electrons. The topological polar surface area (TPSA) is 61.9 Å². The largest absolute Gasteiger partial charge is 0.356 e. The number of hydrogen-bond acceptors (Lipinski definition) is 4. The van der Waals surface area contributed by atoms with Crippen molar-refractivity contribution in [2.24, 2.45) is 0 Å². The van der Waals surface area contributed by atoms with Crippen molar-refractivity contribution in [1.82, 2.24) is 15.1 Å². The van der Waals surface area contributed by atoms with Crippen molar-refractivity contribution in [3.05, 3.63) is 35.9 Å². The van der Waals surface area contributed by atoms with Crippen molar-refractivity contribution in [3.8, 4) is 0 Å². The predicted molar refractivity (Wildman–Crippen MR) is 87.9 cm³/mol. The number of benzene rings is 1. The molecule has 0 bridgehead atoms. The van der Waals surface area contributed by atoms with Crippen LogP contribution in [0.2, 0.25) is 0 Å². The van der Waals surface area contributed by atoms with Crippen molar-refractivity contribution in [3.63, 3.8) is 0 Å². The number of nitrogens with zero attached hydrogens (tertiary/aromatic N) is 2. The van der Waals surface area contributed by atoms with Crippen molar-refractivity contribution >= 4 is 11.8 Å². The van der Waals surface area contributed by atoms with Crippen LogP contribution in [-0.2, 0) is 14.3 Å². The first-order chi connectivity index (χ1) is 11.0. The molecule has 0 unspecified atom stereocenters. The average molecular weight is 319 g/mol. The summed E-state index contributed by atoms with van der Waals surface area (Å²) in [4.78, 5) is 28.1. The molecule has 126 valence electrons. The Morgan fingerprint density at radius 3 is 2.70 bits per heavy atom. The summed E-state index contributed by atoms with van der Waals surface area (Å²) < 4.78 is 5.55. The second kappa shape index (κ2) is 8.08. The van der Waals surface area contributed by atoms with E-state index in [-0.39, 0.29) is 18.4 Å². The van der Waals surface area contributed by atoms with Gasteiger partial charge < -0.3 is 19.9 Å². The summed E-state index contributed by atoms with van der Waals surface area (Å²) in [7, 11) is 5.71. The van der Waals surface area contributed by atoms with E-state index >= 15 is 0 Å². The van der Waals surface area contributed by atoms with E-state index in [0.717, 1.165) is 18.5 Å². The maximum atomic E-state index is 12.5. The zero-order chi connectivity index (χ0) is 16.8. The first kappa shape index (κ1) is 17.4. The molecule has 1 fully saturated rings. The lowest BCUT2D eigenvalue weighted by molar-refractivity contribution is -0.162. The van der Waals surface area contributed by atoms with Gasteiger partial charge in [0, 0.05) is 13.6 Å². The summed E-state index contributed by atoms with van der Waals surface area (Å²) in [5.41, 5.74) is 0.900. The van der Waals surface area contributed by atoms with Gasteiger partial charge in [0.1, 0.15) is 6.61 Å². The van der Waals surface area contributed by atoms with E-state index in [9.17, 15) is 9.59 Å². The van der Waals surface area contributed by atoms with Gasteiger partial charge in [0.15, 0.2) is 6.10 Å². The Labute approximate surface area is 137 Å². The Morgan fingerprint density at radius 2 is 2.04 bits per heavy atom. The molecule has 1 heterocycles. The molecule has 6 nitrogen and oxygen atoms in total. The van der Waals surface area contributed by atoms with E-state index in [4.69, 9.17) is 4.74 Å². The molecule has 1 aliphatic rings. The third-order valence-corrected chi connectivity index (χ3v) is 3.96. The highest BCUT2D eigenvalue weighted by Gasteiger charge is 2.39. The van der Waals surface area contributed by atoms with Crippen molar-refractivity contribution in [2.45, 2.75) is 18.6 Å². The smallest absolute Gasteiger partial charge is 0.251 e. The summed E-state index contributed by atoms with van der Waals surface area (Å²) in [6.07, 6.45) is 0.190. The highest BCUT2D eigenvalue weighted by Crippen LogP contribution is 2.28. The standard InChI is InChI=1S/C17H25N3O3/c1-19(2)11-7-10-18-17(22)16-15(13-8-5-4-6-9-13)20(3)14(21)12-23-16/h4-6,8-9,15-16H,7,10-12H2,1-3H3,(H,18,22)/t15-,16+/m1/s1. The molecule has 2 atom stereocenters. The first-order valence-corrected chi connectivity index (χ1v) is 7.85. The van der Waals surface area contributed by atoms with Crippen LogP contribution in [-0.4, -0.2) is 68.6 Å². The van der Waals surface area contributed by atoms with Gasteiger partial charge >= 0.3 is 0 Å². The molecule has 2 amide bonds. The molecule has 0 aliphatic carbocycles. The van der Waals surface area contributed by atoms with Crippen LogP contribution in [0.1, 0.15) is 18.0 Å². The van der Waals surface area contributed by atoms with Gasteiger partial charge in [-0.3, -0.25) is 9.59 Å². The van der Waals surface area contributed by atoms with Crippen LogP contribution in [0.5, 0.6) is 0 Å². The number of likely N-dealkylation sites (N-methyl/N-ethyl adjacent to an activating group) is 1. The number of carbonyl (C=O) groups is 2. The van der Waals surface area contributed by atoms with Gasteiger partial charge in [-0.05, 0) is 32.6 Å². The Kier molecular flexibility index (Phi) is 6.12. The third kappa shape index (κ3) is 4.53. The second-order valence-electron chi connectivity index (χ2n) is 6.04. The van der Waals surface area contributed by atoms with Gasteiger partial charge in [0.05, 0.1) is 6.04 Å². The van der Waals surface area contributed by atoms with Gasteiger partial charge in [-0.25, -0.2) is 0 Å². The maximum absolute atomic E-state index is 12.5. The van der Waals surface area contributed by atoms with Crippen LogP contribution in [0.4, 0.5) is 0 Å². The molecule has 1 aliphatic heterocycles. The van der Waals surface area contributed by atoms with Gasteiger partial charge in [-0.1, -0.05) is 30.3 Å². The van der Waals surface area contributed by atoms with Crippen LogP contribution in [0.25, 0.3) is 0 Å².